The molecule has 0 fully saturated rings. The molecule has 0 saturated heterocycles. The first kappa shape index (κ1) is 9.08. The quantitative estimate of drug-likeness (QED) is 0.554. The van der Waals surface area contributed by atoms with Gasteiger partial charge >= 0.3 is 0 Å². The van der Waals surface area contributed by atoms with Crippen LogP contribution < -0.4 is 6.15 Å². The largest absolute Gasteiger partial charge is 0.744 e. The summed E-state index contributed by atoms with van der Waals surface area (Å²) in [6.07, 6.45) is 1.99. The number of aromatic nitrogens is 2. The number of hydrogen-bond donors (Lipinski definition) is 2. The van der Waals surface area contributed by atoms with Crippen molar-refractivity contribution < 1.29 is 13.0 Å². The molecule has 0 radical (unpaired) electrons. The van der Waals surface area contributed by atoms with E-state index in [4.69, 9.17) is 0 Å². The fourth-order valence-electron chi connectivity index (χ4n) is 0.376. The second-order valence-electron chi connectivity index (χ2n) is 1.39. The molecular weight excluding hydrogens is 158 g/mol. The van der Waals surface area contributed by atoms with Gasteiger partial charge in [-0.2, -0.15) is 5.10 Å². The molecule has 1 aromatic rings. The number of hydrogen-bond acceptors (Lipinski definition) is 4. The maximum Gasteiger partial charge on any atom is 0.127 e. The summed E-state index contributed by atoms with van der Waals surface area (Å²) in [5, 5.41) is 5.49. The van der Waals surface area contributed by atoms with Crippen LogP contribution >= 0.6 is 0 Å². The van der Waals surface area contributed by atoms with Crippen LogP contribution in [0.15, 0.2) is 17.3 Å². The number of rotatable bonds is 1. The molecule has 1 aromatic heterocycles. The molecule has 7 heteroatoms. The van der Waals surface area contributed by atoms with E-state index >= 15 is 0 Å². The Balaban J connectivity index is 0.000000810. The number of aromatic amines is 1. The van der Waals surface area contributed by atoms with Crippen LogP contribution in [0, 0.1) is 0 Å². The summed E-state index contributed by atoms with van der Waals surface area (Å²) < 4.78 is 30.2. The topological polar surface area (TPSA) is 122 Å². The van der Waals surface area contributed by atoms with E-state index < -0.39 is 10.1 Å². The average Bonchev–Trinajstić information content (AvgIpc) is 2.08. The molecule has 0 aliphatic rings. The zero-order valence-corrected chi connectivity index (χ0v) is 6.05. The van der Waals surface area contributed by atoms with Crippen molar-refractivity contribution in [3.8, 4) is 0 Å². The van der Waals surface area contributed by atoms with Gasteiger partial charge in [0.15, 0.2) is 0 Å². The lowest BCUT2D eigenvalue weighted by atomic mass is 10.7. The van der Waals surface area contributed by atoms with Crippen LogP contribution in [-0.4, -0.2) is 23.2 Å². The van der Waals surface area contributed by atoms with E-state index in [0.717, 1.165) is 12.4 Å². The first-order valence-corrected chi connectivity index (χ1v) is 3.46. The van der Waals surface area contributed by atoms with Gasteiger partial charge in [0.05, 0.1) is 11.1 Å². The lowest BCUT2D eigenvalue weighted by molar-refractivity contribution is 0.463. The standard InChI is InChI=1S/C3H4N2O3S.H3N/c6-9(7,8)3-1-4-5-2-3;/h1-2H,(H,4,5)(H,6,7,8);1H3. The molecule has 0 aliphatic carbocycles. The highest BCUT2D eigenvalue weighted by Crippen LogP contribution is 2.01. The molecule has 0 spiro atoms. The van der Waals surface area contributed by atoms with E-state index in [1.165, 1.54) is 0 Å². The Bertz CT molecular complexity index is 276. The van der Waals surface area contributed by atoms with Gasteiger partial charge in [0.2, 0.25) is 0 Å². The van der Waals surface area contributed by atoms with Gasteiger partial charge in [-0.1, -0.05) is 0 Å². The number of H-pyrrole nitrogens is 1. The van der Waals surface area contributed by atoms with Gasteiger partial charge in [-0.3, -0.25) is 5.10 Å². The Kier molecular flexibility index (Phi) is 2.52. The minimum Gasteiger partial charge on any atom is -0.744 e. The van der Waals surface area contributed by atoms with Gasteiger partial charge in [-0.05, 0) is 0 Å². The van der Waals surface area contributed by atoms with Crippen LogP contribution in [0.4, 0.5) is 0 Å². The molecule has 1 heterocycles. The fraction of sp³-hybridized carbons (Fsp3) is 0. The minimum atomic E-state index is -4.30. The zero-order valence-electron chi connectivity index (χ0n) is 5.23. The molecule has 6 nitrogen and oxygen atoms in total. The van der Waals surface area contributed by atoms with E-state index in [0.29, 0.717) is 0 Å². The van der Waals surface area contributed by atoms with Crippen molar-refractivity contribution >= 4 is 10.1 Å². The zero-order chi connectivity index (χ0) is 6.91. The fourth-order valence-corrected chi connectivity index (χ4v) is 0.755. The SMILES string of the molecule is O=S(=O)([O-])c1cn[nH]c1.[NH4+]. The van der Waals surface area contributed by atoms with Gasteiger partial charge in [-0.25, -0.2) is 8.42 Å². The normalized spacial score (nSPS) is 10.5. The van der Waals surface area contributed by atoms with E-state index in [2.05, 4.69) is 10.2 Å². The molecule has 1 rings (SSSR count). The first-order chi connectivity index (χ1) is 4.11. The van der Waals surface area contributed by atoms with Crippen molar-refractivity contribution in [3.05, 3.63) is 12.4 Å². The van der Waals surface area contributed by atoms with Crippen LogP contribution in [-0.2, 0) is 10.1 Å². The smallest absolute Gasteiger partial charge is 0.127 e. The Morgan fingerprint density at radius 2 is 2.20 bits per heavy atom. The Morgan fingerprint density at radius 3 is 2.40 bits per heavy atom. The molecular formula is C3H7N3O3S. The van der Waals surface area contributed by atoms with Crippen LogP contribution in [0.5, 0.6) is 0 Å². The molecule has 0 unspecified atom stereocenters. The van der Waals surface area contributed by atoms with Crippen LogP contribution in [0.25, 0.3) is 0 Å². The summed E-state index contributed by atoms with van der Waals surface area (Å²) in [7, 11) is -4.30. The molecule has 0 aromatic carbocycles. The van der Waals surface area contributed by atoms with Crippen molar-refractivity contribution in [3.63, 3.8) is 0 Å². The van der Waals surface area contributed by atoms with E-state index in [9.17, 15) is 13.0 Å². The van der Waals surface area contributed by atoms with Crippen LogP contribution in [0.1, 0.15) is 0 Å². The Labute approximate surface area is 57.6 Å². The molecule has 5 N–H and O–H groups in total. The van der Waals surface area contributed by atoms with Crippen molar-refractivity contribution in [1.29, 1.82) is 0 Å². The van der Waals surface area contributed by atoms with Gasteiger partial charge in [-0.15, -0.1) is 0 Å². The number of nitrogens with zero attached hydrogens (tertiary/aromatic N) is 1. The van der Waals surface area contributed by atoms with Gasteiger partial charge in [0.1, 0.15) is 10.1 Å². The molecule has 58 valence electrons. The van der Waals surface area contributed by atoms with Crippen molar-refractivity contribution in [2.45, 2.75) is 4.90 Å². The minimum absolute atomic E-state index is 0. The van der Waals surface area contributed by atoms with Crippen LogP contribution in [0.3, 0.4) is 0 Å². The summed E-state index contributed by atoms with van der Waals surface area (Å²) in [5.41, 5.74) is 0. The Morgan fingerprint density at radius 1 is 1.60 bits per heavy atom. The second kappa shape index (κ2) is 2.78. The maximum atomic E-state index is 10.1. The number of quaternary nitrogens is 1. The molecule has 0 amide bonds. The molecule has 0 aliphatic heterocycles. The van der Waals surface area contributed by atoms with E-state index in [1.54, 1.807) is 0 Å². The lowest BCUT2D eigenvalue weighted by Gasteiger charge is -1.99. The predicted molar refractivity (Wildman–Crippen MR) is 32.5 cm³/mol. The lowest BCUT2D eigenvalue weighted by Crippen LogP contribution is -1.95. The first-order valence-electron chi connectivity index (χ1n) is 2.05. The Hall–Kier alpha value is -0.920. The van der Waals surface area contributed by atoms with Crippen molar-refractivity contribution in [1.82, 2.24) is 16.3 Å². The third-order valence-electron chi connectivity index (χ3n) is 0.762. The second-order valence-corrected chi connectivity index (χ2v) is 2.77. The summed E-state index contributed by atoms with van der Waals surface area (Å²) in [4.78, 5) is -0.331. The monoisotopic (exact) mass is 165 g/mol. The highest BCUT2D eigenvalue weighted by atomic mass is 32.2. The highest BCUT2D eigenvalue weighted by molar-refractivity contribution is 7.85. The molecule has 0 saturated carbocycles. The summed E-state index contributed by atoms with van der Waals surface area (Å²) in [6, 6.07) is 0. The molecule has 10 heavy (non-hydrogen) atoms. The average molecular weight is 165 g/mol. The summed E-state index contributed by atoms with van der Waals surface area (Å²) >= 11 is 0. The van der Waals surface area contributed by atoms with Gasteiger partial charge in [0.25, 0.3) is 0 Å². The molecule has 0 atom stereocenters. The van der Waals surface area contributed by atoms with E-state index in [-0.39, 0.29) is 11.0 Å². The predicted octanol–water partition coefficient (Wildman–Crippen LogP) is -0.310. The maximum absolute atomic E-state index is 10.1. The van der Waals surface area contributed by atoms with Crippen molar-refractivity contribution in [2.75, 3.05) is 0 Å². The van der Waals surface area contributed by atoms with E-state index in [1.807, 2.05) is 0 Å². The summed E-state index contributed by atoms with van der Waals surface area (Å²) in [5.74, 6) is 0. The van der Waals surface area contributed by atoms with Crippen molar-refractivity contribution in [2.24, 2.45) is 0 Å². The number of nitrogens with one attached hydrogen (secondary N) is 1. The molecule has 0 bridgehead atoms. The highest BCUT2D eigenvalue weighted by Gasteiger charge is 1.98. The van der Waals surface area contributed by atoms with Gasteiger partial charge in [0, 0.05) is 6.20 Å². The third kappa shape index (κ3) is 1.79. The van der Waals surface area contributed by atoms with Gasteiger partial charge < -0.3 is 10.7 Å². The van der Waals surface area contributed by atoms with Crippen LogP contribution in [0.2, 0.25) is 0 Å². The summed E-state index contributed by atoms with van der Waals surface area (Å²) in [6.45, 7) is 0. The third-order valence-corrected chi connectivity index (χ3v) is 1.56.